The fourth-order valence-corrected chi connectivity index (χ4v) is 2.82. The van der Waals surface area contributed by atoms with Crippen molar-refractivity contribution in [1.29, 1.82) is 0 Å². The van der Waals surface area contributed by atoms with E-state index in [0.717, 1.165) is 17.7 Å². The lowest BCUT2D eigenvalue weighted by Crippen LogP contribution is -2.30. The van der Waals surface area contributed by atoms with Crippen molar-refractivity contribution in [1.82, 2.24) is 29.8 Å². The minimum Gasteiger partial charge on any atom is -0.305 e. The lowest BCUT2D eigenvalue weighted by atomic mass is 10.2. The highest BCUT2D eigenvalue weighted by Crippen LogP contribution is 2.28. The maximum Gasteiger partial charge on any atom is 0.280 e. The average Bonchev–Trinajstić information content (AvgIpc) is 3.25. The molecule has 1 amide bonds. The molecule has 0 atom stereocenters. The van der Waals surface area contributed by atoms with Crippen LogP contribution in [0.5, 0.6) is 0 Å². The average molecular weight is 309 g/mol. The van der Waals surface area contributed by atoms with Crippen LogP contribution in [0.3, 0.4) is 0 Å². The Bertz CT molecular complexity index is 895. The van der Waals surface area contributed by atoms with Gasteiger partial charge in [0.1, 0.15) is 0 Å². The van der Waals surface area contributed by atoms with E-state index in [0.29, 0.717) is 23.8 Å². The Morgan fingerprint density at radius 2 is 2.17 bits per heavy atom. The third-order valence-electron chi connectivity index (χ3n) is 4.04. The minimum atomic E-state index is -0.156. The van der Waals surface area contributed by atoms with Crippen LogP contribution in [-0.4, -0.2) is 42.2 Å². The monoisotopic (exact) mass is 309 g/mol. The van der Waals surface area contributed by atoms with Gasteiger partial charge in [-0.1, -0.05) is 5.21 Å². The maximum atomic E-state index is 12.8. The molecule has 0 unspecified atom stereocenters. The molecule has 4 rings (SSSR count). The summed E-state index contributed by atoms with van der Waals surface area (Å²) in [5, 5.41) is 12.4. The Labute approximate surface area is 132 Å². The first-order valence-corrected chi connectivity index (χ1v) is 7.32. The summed E-state index contributed by atoms with van der Waals surface area (Å²) in [6, 6.07) is 3.77. The molecule has 0 aliphatic carbocycles. The van der Waals surface area contributed by atoms with Crippen molar-refractivity contribution in [2.75, 3.05) is 11.4 Å². The van der Waals surface area contributed by atoms with E-state index in [1.165, 1.54) is 0 Å². The van der Waals surface area contributed by atoms with E-state index in [9.17, 15) is 4.79 Å². The fourth-order valence-electron chi connectivity index (χ4n) is 2.82. The largest absolute Gasteiger partial charge is 0.305 e. The Balaban J connectivity index is 1.70. The number of nitrogens with zero attached hydrogens (tertiary/aromatic N) is 7. The Morgan fingerprint density at radius 1 is 1.30 bits per heavy atom. The summed E-state index contributed by atoms with van der Waals surface area (Å²) in [7, 11) is 1.83. The first kappa shape index (κ1) is 13.6. The summed E-state index contributed by atoms with van der Waals surface area (Å²) < 4.78 is 3.26. The number of fused-ring (bicyclic) bond motifs is 1. The number of rotatable bonds is 2. The summed E-state index contributed by atoms with van der Waals surface area (Å²) >= 11 is 0. The van der Waals surface area contributed by atoms with Gasteiger partial charge in [-0.3, -0.25) is 14.5 Å². The molecule has 4 heterocycles. The number of amides is 1. The van der Waals surface area contributed by atoms with Crippen LogP contribution in [0.15, 0.2) is 30.7 Å². The highest BCUT2D eigenvalue weighted by Gasteiger charge is 2.29. The van der Waals surface area contributed by atoms with E-state index in [1.54, 1.807) is 26.7 Å². The number of hydrogen-bond donors (Lipinski definition) is 0. The standard InChI is InChI=1S/C15H15N7O/c1-10-14(17-19-22(10)13-5-7-20(2)18-13)15(23)21-8-4-11-3-6-16-9-12(11)21/h3,5-7,9H,4,8H2,1-2H3. The molecule has 0 saturated heterocycles. The zero-order valence-electron chi connectivity index (χ0n) is 12.8. The van der Waals surface area contributed by atoms with Crippen molar-refractivity contribution >= 4 is 11.6 Å². The van der Waals surface area contributed by atoms with Crippen molar-refractivity contribution in [3.63, 3.8) is 0 Å². The fraction of sp³-hybridized carbons (Fsp3) is 0.267. The van der Waals surface area contributed by atoms with Crippen molar-refractivity contribution in [2.24, 2.45) is 7.05 Å². The minimum absolute atomic E-state index is 0.156. The predicted molar refractivity (Wildman–Crippen MR) is 82.5 cm³/mol. The second-order valence-electron chi connectivity index (χ2n) is 5.49. The number of aromatic nitrogens is 6. The topological polar surface area (TPSA) is 81.7 Å². The van der Waals surface area contributed by atoms with Gasteiger partial charge in [-0.25, -0.2) is 0 Å². The Hall–Kier alpha value is -3.03. The molecular formula is C15H15N7O. The number of carbonyl (C=O) groups is 1. The van der Waals surface area contributed by atoms with Gasteiger partial charge in [0.15, 0.2) is 11.5 Å². The van der Waals surface area contributed by atoms with Crippen molar-refractivity contribution in [2.45, 2.75) is 13.3 Å². The van der Waals surface area contributed by atoms with E-state index < -0.39 is 0 Å². The van der Waals surface area contributed by atoms with Crippen LogP contribution >= 0.6 is 0 Å². The SMILES string of the molecule is Cc1c(C(=O)N2CCc3ccncc32)nnn1-c1ccn(C)n1. The van der Waals surface area contributed by atoms with E-state index in [-0.39, 0.29) is 5.91 Å². The normalized spacial score (nSPS) is 13.4. The molecule has 0 aromatic carbocycles. The molecule has 1 aliphatic rings. The number of pyridine rings is 1. The molecule has 0 saturated carbocycles. The zero-order valence-corrected chi connectivity index (χ0v) is 12.8. The van der Waals surface area contributed by atoms with Crippen LogP contribution in [0, 0.1) is 6.92 Å². The van der Waals surface area contributed by atoms with Crippen LogP contribution in [0.25, 0.3) is 5.82 Å². The van der Waals surface area contributed by atoms with Crippen LogP contribution in [0.2, 0.25) is 0 Å². The van der Waals surface area contributed by atoms with E-state index in [4.69, 9.17) is 0 Å². The van der Waals surface area contributed by atoms with E-state index in [2.05, 4.69) is 20.4 Å². The van der Waals surface area contributed by atoms with Gasteiger partial charge in [-0.15, -0.1) is 5.10 Å². The summed E-state index contributed by atoms with van der Waals surface area (Å²) in [5.41, 5.74) is 2.99. The third-order valence-corrected chi connectivity index (χ3v) is 4.04. The first-order valence-electron chi connectivity index (χ1n) is 7.32. The number of anilines is 1. The number of hydrogen-bond acceptors (Lipinski definition) is 5. The summed E-state index contributed by atoms with van der Waals surface area (Å²) in [4.78, 5) is 18.7. The highest BCUT2D eigenvalue weighted by molar-refractivity contribution is 6.06. The van der Waals surface area contributed by atoms with Crippen molar-refractivity contribution in [3.05, 3.63) is 47.7 Å². The van der Waals surface area contributed by atoms with E-state index in [1.807, 2.05) is 32.3 Å². The highest BCUT2D eigenvalue weighted by atomic mass is 16.2. The van der Waals surface area contributed by atoms with Crippen LogP contribution in [0.4, 0.5) is 5.69 Å². The van der Waals surface area contributed by atoms with Gasteiger partial charge in [0.2, 0.25) is 0 Å². The summed E-state index contributed by atoms with van der Waals surface area (Å²) in [5.74, 6) is 0.483. The molecule has 3 aromatic heterocycles. The van der Waals surface area contributed by atoms with Crippen molar-refractivity contribution in [3.8, 4) is 5.82 Å². The predicted octanol–water partition coefficient (Wildman–Crippen LogP) is 0.907. The van der Waals surface area contributed by atoms with E-state index >= 15 is 0 Å². The molecule has 0 spiro atoms. The first-order chi connectivity index (χ1) is 11.1. The van der Waals surface area contributed by atoms with Crippen molar-refractivity contribution < 1.29 is 4.79 Å². The van der Waals surface area contributed by atoms with Gasteiger partial charge in [-0.05, 0) is 25.0 Å². The Kier molecular flexibility index (Phi) is 2.97. The zero-order chi connectivity index (χ0) is 16.0. The molecule has 0 N–H and O–H groups in total. The molecular weight excluding hydrogens is 294 g/mol. The molecule has 116 valence electrons. The summed E-state index contributed by atoms with van der Waals surface area (Å²) in [6.45, 7) is 2.46. The van der Waals surface area contributed by atoms with Gasteiger partial charge in [0, 0.05) is 32.1 Å². The third kappa shape index (κ3) is 2.10. The molecule has 3 aromatic rings. The second-order valence-corrected chi connectivity index (χ2v) is 5.49. The molecule has 8 heteroatoms. The van der Waals surface area contributed by atoms with Gasteiger partial charge in [-0.2, -0.15) is 9.78 Å². The molecule has 0 fully saturated rings. The van der Waals surface area contributed by atoms with Gasteiger partial charge in [0.05, 0.1) is 17.6 Å². The Morgan fingerprint density at radius 3 is 2.96 bits per heavy atom. The number of aryl methyl sites for hydroxylation is 1. The lowest BCUT2D eigenvalue weighted by Gasteiger charge is -2.15. The van der Waals surface area contributed by atoms with Gasteiger partial charge in [0.25, 0.3) is 5.91 Å². The molecule has 0 radical (unpaired) electrons. The second kappa shape index (κ2) is 5.01. The maximum absolute atomic E-state index is 12.8. The van der Waals surface area contributed by atoms with Crippen LogP contribution in [-0.2, 0) is 13.5 Å². The quantitative estimate of drug-likeness (QED) is 0.702. The molecule has 23 heavy (non-hydrogen) atoms. The summed E-state index contributed by atoms with van der Waals surface area (Å²) in [6.07, 6.45) is 6.12. The van der Waals surface area contributed by atoms with Gasteiger partial charge < -0.3 is 4.90 Å². The lowest BCUT2D eigenvalue weighted by molar-refractivity contribution is 0.0984. The van der Waals surface area contributed by atoms with Crippen LogP contribution < -0.4 is 4.90 Å². The number of carbonyl (C=O) groups excluding carboxylic acids is 1. The molecule has 0 bridgehead atoms. The molecule has 8 nitrogen and oxygen atoms in total. The van der Waals surface area contributed by atoms with Gasteiger partial charge >= 0.3 is 0 Å². The molecule has 1 aliphatic heterocycles. The van der Waals surface area contributed by atoms with Crippen LogP contribution in [0.1, 0.15) is 21.7 Å². The smallest absolute Gasteiger partial charge is 0.280 e.